The summed E-state index contributed by atoms with van der Waals surface area (Å²) in [5, 5.41) is 0. The molecule has 59 valence electrons. The minimum Gasteiger partial charge on any atom is -0.489 e. The smallest absolute Gasteiger partial charge is 0.234 e. The fraction of sp³-hybridized carbons (Fsp3) is 0.100. The van der Waals surface area contributed by atoms with Crippen LogP contribution in [0.15, 0.2) is 24.3 Å². The maximum atomic E-state index is 10.5. The predicted octanol–water partition coefficient (Wildman–Crippen LogP) is 1.55. The Morgan fingerprint density at radius 3 is 3.17 bits per heavy atom. The van der Waals surface area contributed by atoms with Crippen LogP contribution in [0.3, 0.4) is 0 Å². The van der Waals surface area contributed by atoms with Gasteiger partial charge in [-0.25, -0.2) is 0 Å². The second-order valence-electron chi connectivity index (χ2n) is 2.53. The highest BCUT2D eigenvalue weighted by atomic mass is 16.5. The van der Waals surface area contributed by atoms with Crippen LogP contribution in [0.2, 0.25) is 0 Å². The van der Waals surface area contributed by atoms with Crippen molar-refractivity contribution >= 4 is 12.4 Å². The Morgan fingerprint density at radius 1 is 1.42 bits per heavy atom. The van der Waals surface area contributed by atoms with Gasteiger partial charge in [-0.3, -0.25) is 4.79 Å². The molecule has 12 heavy (non-hydrogen) atoms. The molecule has 0 saturated carbocycles. The van der Waals surface area contributed by atoms with Gasteiger partial charge in [-0.1, -0.05) is 18.2 Å². The van der Waals surface area contributed by atoms with Crippen molar-refractivity contribution in [1.82, 2.24) is 0 Å². The number of fused-ring (bicyclic) bond motifs is 1. The number of benzene rings is 1. The average Bonchev–Trinajstić information content (AvgIpc) is 2.17. The lowest BCUT2D eigenvalue weighted by Gasteiger charge is -2.12. The lowest BCUT2D eigenvalue weighted by Crippen LogP contribution is -2.02. The second kappa shape index (κ2) is 2.81. The van der Waals surface area contributed by atoms with E-state index in [9.17, 15) is 4.79 Å². The van der Waals surface area contributed by atoms with Gasteiger partial charge in [0.25, 0.3) is 0 Å². The first kappa shape index (κ1) is 7.10. The molecule has 1 heterocycles. The quantitative estimate of drug-likeness (QED) is 0.621. The zero-order valence-corrected chi connectivity index (χ0v) is 6.41. The van der Waals surface area contributed by atoms with Crippen molar-refractivity contribution in [3.05, 3.63) is 35.4 Å². The molecule has 0 spiro atoms. The van der Waals surface area contributed by atoms with Crippen LogP contribution in [0.5, 0.6) is 5.75 Å². The molecule has 2 rings (SSSR count). The molecule has 0 aromatic heterocycles. The monoisotopic (exact) mass is 159 g/mol. The Hall–Kier alpha value is -1.57. The molecular formula is C10H7O2. The Kier molecular flexibility index (Phi) is 1.67. The van der Waals surface area contributed by atoms with E-state index in [0.29, 0.717) is 12.2 Å². The van der Waals surface area contributed by atoms with Crippen LogP contribution < -0.4 is 4.74 Å². The molecule has 0 fully saturated rings. The van der Waals surface area contributed by atoms with Crippen molar-refractivity contribution in [2.75, 3.05) is 6.61 Å². The molecule has 0 saturated heterocycles. The highest BCUT2D eigenvalue weighted by Crippen LogP contribution is 2.25. The Bertz CT molecular complexity index is 340. The summed E-state index contributed by atoms with van der Waals surface area (Å²) < 4.78 is 5.30. The summed E-state index contributed by atoms with van der Waals surface area (Å²) >= 11 is 0. The normalized spacial score (nSPS) is 13.3. The number of ether oxygens (including phenoxy) is 1. The summed E-state index contributed by atoms with van der Waals surface area (Å²) in [6.07, 6.45) is 5.64. The van der Waals surface area contributed by atoms with E-state index in [0.717, 1.165) is 11.3 Å². The molecule has 1 radical (unpaired) electrons. The topological polar surface area (TPSA) is 26.3 Å². The molecular weight excluding hydrogens is 152 g/mol. The Labute approximate surface area is 70.5 Å². The molecule has 1 aliphatic rings. The van der Waals surface area contributed by atoms with E-state index in [1.54, 1.807) is 12.1 Å². The molecule has 0 N–H and O–H groups in total. The first-order chi connectivity index (χ1) is 5.92. The number of carbonyl (C=O) groups excluding carboxylic acids is 1. The first-order valence-corrected chi connectivity index (χ1v) is 3.72. The summed E-state index contributed by atoms with van der Waals surface area (Å²) in [5.74, 6) is 0.762. The fourth-order valence-corrected chi connectivity index (χ4v) is 1.23. The zero-order valence-electron chi connectivity index (χ0n) is 6.41. The molecule has 2 heteroatoms. The van der Waals surface area contributed by atoms with E-state index in [-0.39, 0.29) is 0 Å². The molecule has 1 aromatic rings. The van der Waals surface area contributed by atoms with Crippen LogP contribution in [0, 0.1) is 0 Å². The molecule has 1 aromatic carbocycles. The lowest BCUT2D eigenvalue weighted by atomic mass is 10.1. The minimum absolute atomic E-state index is 0.559. The maximum absolute atomic E-state index is 10.5. The molecule has 2 nitrogen and oxygen atoms in total. The summed E-state index contributed by atoms with van der Waals surface area (Å²) in [6, 6.07) is 5.36. The predicted molar refractivity (Wildman–Crippen MR) is 45.8 cm³/mol. The van der Waals surface area contributed by atoms with Gasteiger partial charge < -0.3 is 4.74 Å². The van der Waals surface area contributed by atoms with Crippen LogP contribution in [0.4, 0.5) is 0 Å². The molecule has 0 amide bonds. The van der Waals surface area contributed by atoms with E-state index in [1.807, 2.05) is 24.5 Å². The van der Waals surface area contributed by atoms with Gasteiger partial charge in [0.2, 0.25) is 6.29 Å². The van der Waals surface area contributed by atoms with Gasteiger partial charge in [0.1, 0.15) is 12.4 Å². The average molecular weight is 159 g/mol. The minimum atomic E-state index is 0.559. The zero-order chi connectivity index (χ0) is 8.39. The van der Waals surface area contributed by atoms with E-state index in [4.69, 9.17) is 4.74 Å². The van der Waals surface area contributed by atoms with Crippen LogP contribution in [0.25, 0.3) is 6.08 Å². The first-order valence-electron chi connectivity index (χ1n) is 3.72. The molecule has 0 atom stereocenters. The van der Waals surface area contributed by atoms with Gasteiger partial charge >= 0.3 is 0 Å². The maximum Gasteiger partial charge on any atom is 0.234 e. The largest absolute Gasteiger partial charge is 0.489 e. The van der Waals surface area contributed by atoms with Crippen molar-refractivity contribution in [3.8, 4) is 5.75 Å². The third kappa shape index (κ3) is 1.01. The summed E-state index contributed by atoms with van der Waals surface area (Å²) in [5.41, 5.74) is 1.39. The van der Waals surface area contributed by atoms with Crippen molar-refractivity contribution in [1.29, 1.82) is 0 Å². The number of hydrogen-bond donors (Lipinski definition) is 0. The van der Waals surface area contributed by atoms with Crippen molar-refractivity contribution < 1.29 is 9.53 Å². The van der Waals surface area contributed by atoms with E-state index in [1.165, 1.54) is 0 Å². The fourth-order valence-electron chi connectivity index (χ4n) is 1.23. The van der Waals surface area contributed by atoms with Gasteiger partial charge in [0, 0.05) is 11.1 Å². The Balaban J connectivity index is 2.61. The SMILES string of the molecule is O=[C]c1cccc2c1C=CCO2. The van der Waals surface area contributed by atoms with Crippen molar-refractivity contribution in [3.63, 3.8) is 0 Å². The van der Waals surface area contributed by atoms with Gasteiger partial charge in [0.15, 0.2) is 0 Å². The van der Waals surface area contributed by atoms with Gasteiger partial charge in [0.05, 0.1) is 0 Å². The van der Waals surface area contributed by atoms with Crippen LogP contribution >= 0.6 is 0 Å². The van der Waals surface area contributed by atoms with E-state index < -0.39 is 0 Å². The lowest BCUT2D eigenvalue weighted by molar-refractivity contribution is 0.358. The van der Waals surface area contributed by atoms with E-state index in [2.05, 4.69) is 0 Å². The molecule has 0 aliphatic carbocycles. The summed E-state index contributed by atoms with van der Waals surface area (Å²) in [4.78, 5) is 10.5. The van der Waals surface area contributed by atoms with Crippen LogP contribution in [-0.4, -0.2) is 12.9 Å². The van der Waals surface area contributed by atoms with Gasteiger partial charge in [-0.15, -0.1) is 0 Å². The van der Waals surface area contributed by atoms with Crippen LogP contribution in [-0.2, 0) is 4.79 Å². The Morgan fingerprint density at radius 2 is 2.33 bits per heavy atom. The standard InChI is InChI=1S/C10H7O2/c11-7-8-3-1-5-10-9(8)4-2-6-12-10/h1-5H,6H2. The molecule has 1 aliphatic heterocycles. The molecule has 0 bridgehead atoms. The third-order valence-corrected chi connectivity index (χ3v) is 1.80. The van der Waals surface area contributed by atoms with Crippen LogP contribution in [0.1, 0.15) is 11.1 Å². The van der Waals surface area contributed by atoms with Crippen molar-refractivity contribution in [2.45, 2.75) is 0 Å². The van der Waals surface area contributed by atoms with E-state index >= 15 is 0 Å². The second-order valence-corrected chi connectivity index (χ2v) is 2.53. The highest BCUT2D eigenvalue weighted by molar-refractivity contribution is 5.84. The summed E-state index contributed by atoms with van der Waals surface area (Å²) in [7, 11) is 0. The summed E-state index contributed by atoms with van der Waals surface area (Å²) in [6.45, 7) is 0.579. The molecule has 0 unspecified atom stereocenters. The van der Waals surface area contributed by atoms with Crippen molar-refractivity contribution in [2.24, 2.45) is 0 Å². The number of rotatable bonds is 1. The highest BCUT2D eigenvalue weighted by Gasteiger charge is 2.08. The third-order valence-electron chi connectivity index (χ3n) is 1.80. The van der Waals surface area contributed by atoms with Gasteiger partial charge in [-0.2, -0.15) is 0 Å². The number of hydrogen-bond acceptors (Lipinski definition) is 2. The van der Waals surface area contributed by atoms with Gasteiger partial charge in [-0.05, 0) is 12.1 Å².